The molecule has 6 heteroatoms. The van der Waals surface area contributed by atoms with Crippen LogP contribution in [0.25, 0.3) is 0 Å². The van der Waals surface area contributed by atoms with Crippen LogP contribution in [0, 0.1) is 6.92 Å². The number of hydrogen-bond acceptors (Lipinski definition) is 4. The molecular weight excluding hydrogens is 202 g/mol. The van der Waals surface area contributed by atoms with Crippen molar-refractivity contribution in [2.75, 3.05) is 11.5 Å². The van der Waals surface area contributed by atoms with Crippen molar-refractivity contribution >= 4 is 15.8 Å². The van der Waals surface area contributed by atoms with Crippen LogP contribution in [0.15, 0.2) is 0 Å². The molecule has 1 aromatic rings. The van der Waals surface area contributed by atoms with Crippen LogP contribution in [0.1, 0.15) is 29.5 Å². The summed E-state index contributed by atoms with van der Waals surface area (Å²) in [5.74, 6) is 0.559. The van der Waals surface area contributed by atoms with E-state index in [4.69, 9.17) is 5.73 Å². The molecule has 0 saturated carbocycles. The standard InChI is InChI=1S/C8H13N3O2S/c1-5-7(11-8(9)10-5)6-3-2-4-14(6,12)13/h6H,2-4H2,1H3,(H3,9,10,11). The van der Waals surface area contributed by atoms with Crippen LogP contribution >= 0.6 is 0 Å². The predicted octanol–water partition coefficient (Wildman–Crippen LogP) is 0.550. The summed E-state index contributed by atoms with van der Waals surface area (Å²) in [6.07, 6.45) is 1.38. The zero-order valence-electron chi connectivity index (χ0n) is 7.95. The van der Waals surface area contributed by atoms with E-state index in [9.17, 15) is 8.42 Å². The van der Waals surface area contributed by atoms with Crippen LogP contribution in [0.3, 0.4) is 0 Å². The molecule has 1 saturated heterocycles. The van der Waals surface area contributed by atoms with E-state index in [2.05, 4.69) is 9.97 Å². The minimum Gasteiger partial charge on any atom is -0.369 e. The second-order valence-electron chi connectivity index (χ2n) is 3.63. The molecule has 3 N–H and O–H groups in total. The number of imidazole rings is 1. The van der Waals surface area contributed by atoms with Gasteiger partial charge in [-0.1, -0.05) is 0 Å². The molecule has 0 amide bonds. The maximum atomic E-state index is 11.6. The fourth-order valence-electron chi connectivity index (χ4n) is 1.91. The average molecular weight is 215 g/mol. The first-order valence-corrected chi connectivity index (χ1v) is 6.26. The number of nitrogens with one attached hydrogen (secondary N) is 1. The van der Waals surface area contributed by atoms with E-state index in [0.717, 1.165) is 12.1 Å². The number of aromatic nitrogens is 2. The highest BCUT2D eigenvalue weighted by molar-refractivity contribution is 7.91. The van der Waals surface area contributed by atoms with Crippen LogP contribution in [0.4, 0.5) is 5.95 Å². The van der Waals surface area contributed by atoms with Crippen LogP contribution in [-0.4, -0.2) is 24.1 Å². The molecule has 0 bridgehead atoms. The summed E-state index contributed by atoms with van der Waals surface area (Å²) < 4.78 is 23.3. The fourth-order valence-corrected chi connectivity index (χ4v) is 3.86. The van der Waals surface area contributed by atoms with Crippen LogP contribution in [-0.2, 0) is 9.84 Å². The van der Waals surface area contributed by atoms with Crippen molar-refractivity contribution < 1.29 is 8.42 Å². The largest absolute Gasteiger partial charge is 0.369 e. The second kappa shape index (κ2) is 2.98. The lowest BCUT2D eigenvalue weighted by Gasteiger charge is -2.06. The van der Waals surface area contributed by atoms with Crippen LogP contribution in [0.2, 0.25) is 0 Å². The number of anilines is 1. The predicted molar refractivity (Wildman–Crippen MR) is 53.5 cm³/mol. The van der Waals surface area contributed by atoms with E-state index >= 15 is 0 Å². The molecule has 0 aromatic carbocycles. The highest BCUT2D eigenvalue weighted by Crippen LogP contribution is 2.35. The fraction of sp³-hybridized carbons (Fsp3) is 0.625. The quantitative estimate of drug-likeness (QED) is 0.716. The topological polar surface area (TPSA) is 88.8 Å². The van der Waals surface area contributed by atoms with E-state index < -0.39 is 15.1 Å². The van der Waals surface area contributed by atoms with Gasteiger partial charge in [0.2, 0.25) is 0 Å². The SMILES string of the molecule is Cc1[nH]c(N)nc1C1CCCS1(=O)=O. The van der Waals surface area contributed by atoms with Crippen molar-refractivity contribution in [1.29, 1.82) is 0 Å². The molecule has 14 heavy (non-hydrogen) atoms. The zero-order valence-corrected chi connectivity index (χ0v) is 8.76. The Kier molecular flexibility index (Phi) is 2.02. The summed E-state index contributed by atoms with van der Waals surface area (Å²) in [5.41, 5.74) is 6.83. The van der Waals surface area contributed by atoms with Crippen molar-refractivity contribution in [2.45, 2.75) is 25.0 Å². The van der Waals surface area contributed by atoms with Crippen molar-refractivity contribution in [1.82, 2.24) is 9.97 Å². The molecule has 1 aromatic heterocycles. The molecule has 5 nitrogen and oxygen atoms in total. The minimum absolute atomic E-state index is 0.268. The molecule has 78 valence electrons. The maximum absolute atomic E-state index is 11.6. The number of nitrogen functional groups attached to an aromatic ring is 1. The van der Waals surface area contributed by atoms with Gasteiger partial charge in [-0.05, 0) is 19.8 Å². The summed E-state index contributed by atoms with van der Waals surface area (Å²) in [6.45, 7) is 1.80. The van der Waals surface area contributed by atoms with Gasteiger partial charge in [-0.15, -0.1) is 0 Å². The Hall–Kier alpha value is -1.04. The van der Waals surface area contributed by atoms with Gasteiger partial charge in [-0.3, -0.25) is 0 Å². The molecule has 1 atom stereocenters. The van der Waals surface area contributed by atoms with Gasteiger partial charge < -0.3 is 10.7 Å². The smallest absolute Gasteiger partial charge is 0.197 e. The maximum Gasteiger partial charge on any atom is 0.197 e. The molecule has 1 aliphatic rings. The van der Waals surface area contributed by atoms with Gasteiger partial charge in [0, 0.05) is 5.69 Å². The van der Waals surface area contributed by atoms with Gasteiger partial charge >= 0.3 is 0 Å². The number of aromatic amines is 1. The molecule has 2 heterocycles. The first-order chi connectivity index (χ1) is 6.50. The first-order valence-electron chi connectivity index (χ1n) is 4.54. The number of nitrogens with zero attached hydrogens (tertiary/aromatic N) is 1. The number of hydrogen-bond donors (Lipinski definition) is 2. The Bertz CT molecular complexity index is 449. The summed E-state index contributed by atoms with van der Waals surface area (Å²) in [6, 6.07) is 0. The summed E-state index contributed by atoms with van der Waals surface area (Å²) in [5, 5.41) is -0.448. The van der Waals surface area contributed by atoms with E-state index in [1.807, 2.05) is 0 Å². The number of aryl methyl sites for hydroxylation is 1. The third-order valence-corrected chi connectivity index (χ3v) is 4.76. The third-order valence-electron chi connectivity index (χ3n) is 2.57. The normalized spacial score (nSPS) is 25.4. The lowest BCUT2D eigenvalue weighted by molar-refractivity contribution is 0.590. The Balaban J connectivity index is 2.45. The van der Waals surface area contributed by atoms with Crippen molar-refractivity contribution in [3.05, 3.63) is 11.4 Å². The van der Waals surface area contributed by atoms with Crippen molar-refractivity contribution in [3.8, 4) is 0 Å². The molecule has 1 aliphatic heterocycles. The molecule has 1 fully saturated rings. The molecule has 0 radical (unpaired) electrons. The van der Waals surface area contributed by atoms with Gasteiger partial charge in [0.25, 0.3) is 0 Å². The minimum atomic E-state index is -2.99. The van der Waals surface area contributed by atoms with E-state index in [-0.39, 0.29) is 5.75 Å². The lowest BCUT2D eigenvalue weighted by atomic mass is 10.2. The monoisotopic (exact) mass is 215 g/mol. The van der Waals surface area contributed by atoms with E-state index in [1.165, 1.54) is 0 Å². The average Bonchev–Trinajstić information content (AvgIpc) is 2.54. The molecule has 0 spiro atoms. The molecule has 2 rings (SSSR count). The lowest BCUT2D eigenvalue weighted by Crippen LogP contribution is -2.09. The number of sulfone groups is 1. The third kappa shape index (κ3) is 1.39. The molecule has 1 unspecified atom stereocenters. The summed E-state index contributed by atoms with van der Waals surface area (Å²) in [7, 11) is -2.99. The van der Waals surface area contributed by atoms with Crippen molar-refractivity contribution in [3.63, 3.8) is 0 Å². The van der Waals surface area contributed by atoms with Crippen LogP contribution in [0.5, 0.6) is 0 Å². The second-order valence-corrected chi connectivity index (χ2v) is 5.93. The van der Waals surface area contributed by atoms with Crippen LogP contribution < -0.4 is 5.73 Å². The Morgan fingerprint density at radius 3 is 2.71 bits per heavy atom. The van der Waals surface area contributed by atoms with Crippen molar-refractivity contribution in [2.24, 2.45) is 0 Å². The van der Waals surface area contributed by atoms with E-state index in [1.54, 1.807) is 6.92 Å². The Morgan fingerprint density at radius 1 is 1.57 bits per heavy atom. The Labute approximate surface area is 82.6 Å². The highest BCUT2D eigenvalue weighted by atomic mass is 32.2. The molecule has 0 aliphatic carbocycles. The molecular formula is C8H13N3O2S. The number of rotatable bonds is 1. The van der Waals surface area contributed by atoms with Gasteiger partial charge in [0.15, 0.2) is 15.8 Å². The Morgan fingerprint density at radius 2 is 2.29 bits per heavy atom. The highest BCUT2D eigenvalue weighted by Gasteiger charge is 2.35. The number of nitrogens with two attached hydrogens (primary N) is 1. The van der Waals surface area contributed by atoms with Gasteiger partial charge in [0.05, 0.1) is 11.4 Å². The first kappa shape index (κ1) is 9.51. The van der Waals surface area contributed by atoms with E-state index in [0.29, 0.717) is 18.1 Å². The van der Waals surface area contributed by atoms with Gasteiger partial charge in [-0.2, -0.15) is 0 Å². The van der Waals surface area contributed by atoms with Gasteiger partial charge in [0.1, 0.15) is 5.25 Å². The zero-order chi connectivity index (χ0) is 10.3. The summed E-state index contributed by atoms with van der Waals surface area (Å²) >= 11 is 0. The van der Waals surface area contributed by atoms with Gasteiger partial charge in [-0.25, -0.2) is 13.4 Å². The summed E-state index contributed by atoms with van der Waals surface area (Å²) in [4.78, 5) is 6.86. The number of H-pyrrole nitrogens is 1.